The average Bonchev–Trinajstić information content (AvgIpc) is 2.39. The standard InChI is InChI=1S/C15H15N3O/c1-11-5-4-6-12(9-11)10-17-18-15(19)13-7-2-3-8-14(13)16/h2-10H,16H2,1H3,(H,18,19)/b17-10+. The van der Waals surface area contributed by atoms with E-state index in [2.05, 4.69) is 10.5 Å². The number of anilines is 1. The van der Waals surface area contributed by atoms with Gasteiger partial charge in [0, 0.05) is 5.69 Å². The van der Waals surface area contributed by atoms with Crippen LogP contribution in [0.4, 0.5) is 5.69 Å². The van der Waals surface area contributed by atoms with E-state index in [-0.39, 0.29) is 5.91 Å². The van der Waals surface area contributed by atoms with Crippen molar-refractivity contribution in [1.29, 1.82) is 0 Å². The number of nitrogens with two attached hydrogens (primary N) is 1. The van der Waals surface area contributed by atoms with Crippen molar-refractivity contribution in [2.75, 3.05) is 5.73 Å². The summed E-state index contributed by atoms with van der Waals surface area (Å²) in [6, 6.07) is 14.7. The lowest BCUT2D eigenvalue weighted by atomic mass is 10.1. The molecule has 0 saturated heterocycles. The van der Waals surface area contributed by atoms with Gasteiger partial charge < -0.3 is 5.73 Å². The van der Waals surface area contributed by atoms with Gasteiger partial charge in [-0.15, -0.1) is 0 Å². The van der Waals surface area contributed by atoms with E-state index in [9.17, 15) is 4.79 Å². The van der Waals surface area contributed by atoms with E-state index >= 15 is 0 Å². The summed E-state index contributed by atoms with van der Waals surface area (Å²) in [5, 5.41) is 3.92. The zero-order valence-electron chi connectivity index (χ0n) is 10.6. The first kappa shape index (κ1) is 12.8. The molecule has 0 heterocycles. The molecule has 0 aromatic heterocycles. The number of nitrogens with zero attached hydrogens (tertiary/aromatic N) is 1. The Kier molecular flexibility index (Phi) is 3.93. The Bertz CT molecular complexity index is 620. The van der Waals surface area contributed by atoms with E-state index in [4.69, 9.17) is 5.73 Å². The summed E-state index contributed by atoms with van der Waals surface area (Å²) in [4.78, 5) is 11.8. The number of hydrogen-bond acceptors (Lipinski definition) is 3. The molecule has 1 amide bonds. The van der Waals surface area contributed by atoms with Gasteiger partial charge >= 0.3 is 0 Å². The summed E-state index contributed by atoms with van der Waals surface area (Å²) < 4.78 is 0. The second-order valence-electron chi connectivity index (χ2n) is 4.20. The molecule has 0 fully saturated rings. The maximum absolute atomic E-state index is 11.8. The van der Waals surface area contributed by atoms with Gasteiger partial charge in [0.05, 0.1) is 11.8 Å². The fourth-order valence-corrected chi connectivity index (χ4v) is 1.68. The monoisotopic (exact) mass is 253 g/mol. The van der Waals surface area contributed by atoms with E-state index in [1.165, 1.54) is 0 Å². The molecular weight excluding hydrogens is 238 g/mol. The maximum Gasteiger partial charge on any atom is 0.273 e. The Labute approximate surface area is 112 Å². The van der Waals surface area contributed by atoms with Gasteiger partial charge in [-0.1, -0.05) is 42.0 Å². The number of nitrogens with one attached hydrogen (secondary N) is 1. The van der Waals surface area contributed by atoms with Crippen molar-refractivity contribution in [2.24, 2.45) is 5.10 Å². The first-order valence-electron chi connectivity index (χ1n) is 5.91. The summed E-state index contributed by atoms with van der Waals surface area (Å²) in [5.41, 5.74) is 11.1. The molecule has 19 heavy (non-hydrogen) atoms. The predicted molar refractivity (Wildman–Crippen MR) is 77.1 cm³/mol. The van der Waals surface area contributed by atoms with Crippen molar-refractivity contribution < 1.29 is 4.79 Å². The minimum absolute atomic E-state index is 0.318. The molecule has 0 atom stereocenters. The van der Waals surface area contributed by atoms with Crippen LogP contribution in [0.2, 0.25) is 0 Å². The van der Waals surface area contributed by atoms with Crippen LogP contribution in [0.5, 0.6) is 0 Å². The van der Waals surface area contributed by atoms with Crippen molar-refractivity contribution in [3.8, 4) is 0 Å². The molecule has 2 aromatic rings. The van der Waals surface area contributed by atoms with Crippen LogP contribution < -0.4 is 11.2 Å². The molecule has 0 aliphatic heterocycles. The summed E-state index contributed by atoms with van der Waals surface area (Å²) in [6.07, 6.45) is 1.60. The summed E-state index contributed by atoms with van der Waals surface area (Å²) in [5.74, 6) is -0.318. The highest BCUT2D eigenvalue weighted by atomic mass is 16.2. The van der Waals surface area contributed by atoms with Gasteiger partial charge in [0.1, 0.15) is 0 Å². The molecule has 0 aliphatic rings. The molecule has 4 nitrogen and oxygen atoms in total. The second-order valence-corrected chi connectivity index (χ2v) is 4.20. The largest absolute Gasteiger partial charge is 0.398 e. The third-order valence-electron chi connectivity index (χ3n) is 2.63. The fourth-order valence-electron chi connectivity index (χ4n) is 1.68. The van der Waals surface area contributed by atoms with Crippen LogP contribution in [0, 0.1) is 6.92 Å². The van der Waals surface area contributed by atoms with E-state index < -0.39 is 0 Å². The summed E-state index contributed by atoms with van der Waals surface area (Å²) in [7, 11) is 0. The normalized spacial score (nSPS) is 10.6. The number of nitrogen functional groups attached to an aromatic ring is 1. The molecule has 0 unspecified atom stereocenters. The maximum atomic E-state index is 11.8. The Morgan fingerprint density at radius 1 is 1.21 bits per heavy atom. The summed E-state index contributed by atoms with van der Waals surface area (Å²) >= 11 is 0. The van der Waals surface area contributed by atoms with Crippen molar-refractivity contribution in [3.63, 3.8) is 0 Å². The van der Waals surface area contributed by atoms with Crippen LogP contribution in [-0.4, -0.2) is 12.1 Å². The van der Waals surface area contributed by atoms with E-state index in [1.807, 2.05) is 31.2 Å². The van der Waals surface area contributed by atoms with Gasteiger partial charge in [-0.3, -0.25) is 4.79 Å². The molecule has 4 heteroatoms. The third-order valence-corrected chi connectivity index (χ3v) is 2.63. The minimum Gasteiger partial charge on any atom is -0.398 e. The fraction of sp³-hybridized carbons (Fsp3) is 0.0667. The number of aryl methyl sites for hydroxylation is 1. The number of carbonyl (C=O) groups excluding carboxylic acids is 1. The van der Waals surface area contributed by atoms with Gasteiger partial charge in [-0.05, 0) is 24.6 Å². The topological polar surface area (TPSA) is 67.5 Å². The van der Waals surface area contributed by atoms with Crippen molar-refractivity contribution in [3.05, 3.63) is 65.2 Å². The number of benzene rings is 2. The van der Waals surface area contributed by atoms with E-state index in [1.54, 1.807) is 30.5 Å². The van der Waals surface area contributed by atoms with Crippen LogP contribution in [0.1, 0.15) is 21.5 Å². The van der Waals surface area contributed by atoms with Gasteiger partial charge in [0.15, 0.2) is 0 Å². The molecule has 0 aliphatic carbocycles. The van der Waals surface area contributed by atoms with E-state index in [0.717, 1.165) is 11.1 Å². The molecule has 2 rings (SSSR count). The highest BCUT2D eigenvalue weighted by Crippen LogP contribution is 2.09. The second kappa shape index (κ2) is 5.82. The number of para-hydroxylation sites is 1. The average molecular weight is 253 g/mol. The zero-order valence-corrected chi connectivity index (χ0v) is 10.6. The van der Waals surface area contributed by atoms with Crippen molar-refractivity contribution >= 4 is 17.8 Å². The smallest absolute Gasteiger partial charge is 0.273 e. The Morgan fingerprint density at radius 2 is 2.00 bits per heavy atom. The lowest BCUT2D eigenvalue weighted by Gasteiger charge is -2.02. The van der Waals surface area contributed by atoms with Crippen molar-refractivity contribution in [1.82, 2.24) is 5.43 Å². The predicted octanol–water partition coefficient (Wildman–Crippen LogP) is 2.34. The van der Waals surface area contributed by atoms with Crippen LogP contribution in [-0.2, 0) is 0 Å². The Morgan fingerprint density at radius 3 is 2.74 bits per heavy atom. The van der Waals surface area contributed by atoms with Gasteiger partial charge in [0.2, 0.25) is 0 Å². The quantitative estimate of drug-likeness (QED) is 0.501. The van der Waals surface area contributed by atoms with Crippen LogP contribution in [0.25, 0.3) is 0 Å². The van der Waals surface area contributed by atoms with Crippen molar-refractivity contribution in [2.45, 2.75) is 6.92 Å². The molecule has 2 aromatic carbocycles. The highest BCUT2D eigenvalue weighted by Gasteiger charge is 2.06. The van der Waals surface area contributed by atoms with E-state index in [0.29, 0.717) is 11.3 Å². The molecule has 0 saturated carbocycles. The lowest BCUT2D eigenvalue weighted by molar-refractivity contribution is 0.0956. The van der Waals surface area contributed by atoms with Gasteiger partial charge in [-0.2, -0.15) is 5.10 Å². The number of carbonyl (C=O) groups is 1. The molecule has 0 radical (unpaired) electrons. The van der Waals surface area contributed by atoms with Crippen LogP contribution in [0.15, 0.2) is 53.6 Å². The third kappa shape index (κ3) is 3.42. The van der Waals surface area contributed by atoms with Gasteiger partial charge in [-0.25, -0.2) is 5.43 Å². The molecule has 96 valence electrons. The number of amides is 1. The number of hydrogen-bond donors (Lipinski definition) is 2. The van der Waals surface area contributed by atoms with Crippen LogP contribution >= 0.6 is 0 Å². The molecule has 0 bridgehead atoms. The summed E-state index contributed by atoms with van der Waals surface area (Å²) in [6.45, 7) is 2.00. The minimum atomic E-state index is -0.318. The number of hydrazone groups is 1. The Hall–Kier alpha value is -2.62. The van der Waals surface area contributed by atoms with Gasteiger partial charge in [0.25, 0.3) is 5.91 Å². The Balaban J connectivity index is 2.03. The highest BCUT2D eigenvalue weighted by molar-refractivity contribution is 5.99. The SMILES string of the molecule is Cc1cccc(/C=N/NC(=O)c2ccccc2N)c1. The number of rotatable bonds is 3. The first-order chi connectivity index (χ1) is 9.16. The molecule has 3 N–H and O–H groups in total. The lowest BCUT2D eigenvalue weighted by Crippen LogP contribution is -2.18. The van der Waals surface area contributed by atoms with Crippen LogP contribution in [0.3, 0.4) is 0 Å². The molecule has 0 spiro atoms. The molecular formula is C15H15N3O. The zero-order chi connectivity index (χ0) is 13.7. The first-order valence-corrected chi connectivity index (χ1v) is 5.91.